The summed E-state index contributed by atoms with van der Waals surface area (Å²) < 4.78 is 59.5. The Labute approximate surface area is 235 Å². The van der Waals surface area contributed by atoms with Crippen LogP contribution < -0.4 is 4.74 Å². The van der Waals surface area contributed by atoms with Gasteiger partial charge in [0.25, 0.3) is 5.91 Å². The summed E-state index contributed by atoms with van der Waals surface area (Å²) in [5.41, 5.74) is -2.68. The van der Waals surface area contributed by atoms with E-state index in [1.54, 1.807) is 19.9 Å². The van der Waals surface area contributed by atoms with E-state index in [0.29, 0.717) is 6.20 Å². The Balaban J connectivity index is 1.79. The zero-order chi connectivity index (χ0) is 29.5. The van der Waals surface area contributed by atoms with Gasteiger partial charge in [0.05, 0.1) is 40.7 Å². The maximum atomic E-state index is 14.5. The quantitative estimate of drug-likeness (QED) is 0.336. The third-order valence-corrected chi connectivity index (χ3v) is 7.18. The van der Waals surface area contributed by atoms with E-state index >= 15 is 0 Å². The van der Waals surface area contributed by atoms with E-state index in [-0.39, 0.29) is 35.7 Å². The first-order chi connectivity index (χ1) is 18.7. The summed E-state index contributed by atoms with van der Waals surface area (Å²) in [6, 6.07) is 6.24. The smallest absolute Gasteiger partial charge is 0.417 e. The molecule has 0 spiro atoms. The van der Waals surface area contributed by atoms with Crippen LogP contribution in [0.5, 0.6) is 5.88 Å². The topological polar surface area (TPSA) is 68.2 Å². The monoisotopic (exact) mass is 542 g/mol. The van der Waals surface area contributed by atoms with Gasteiger partial charge in [0.15, 0.2) is 5.82 Å². The SMILES string of the molecule is [B]C([B])([B])C1([B])C(C)CC(C(CC)Oc2ccc(C(F)(F)F)cn2)N1C(=O)c1cc(F)ccc1-c1ncccn1. The van der Waals surface area contributed by atoms with E-state index < -0.39 is 52.1 Å². The Morgan fingerprint density at radius 1 is 1.15 bits per heavy atom. The van der Waals surface area contributed by atoms with Crippen LogP contribution in [0.25, 0.3) is 11.4 Å². The number of pyridine rings is 1. The van der Waals surface area contributed by atoms with Gasteiger partial charge in [-0.25, -0.2) is 19.3 Å². The van der Waals surface area contributed by atoms with Gasteiger partial charge in [0, 0.05) is 30.2 Å². The van der Waals surface area contributed by atoms with Gasteiger partial charge >= 0.3 is 6.18 Å². The summed E-state index contributed by atoms with van der Waals surface area (Å²) in [6.07, 6.45) is -1.32. The average Bonchev–Trinajstić information content (AvgIpc) is 3.18. The molecule has 0 aliphatic carbocycles. The second-order valence-electron chi connectivity index (χ2n) is 9.85. The Morgan fingerprint density at radius 2 is 1.82 bits per heavy atom. The summed E-state index contributed by atoms with van der Waals surface area (Å²) in [5, 5.41) is -2.11. The average molecular weight is 542 g/mol. The number of hydrogen-bond donors (Lipinski definition) is 0. The second-order valence-corrected chi connectivity index (χ2v) is 9.85. The molecule has 0 saturated carbocycles. The van der Waals surface area contributed by atoms with Gasteiger partial charge in [-0.15, -0.1) is 5.11 Å². The van der Waals surface area contributed by atoms with Gasteiger partial charge in [-0.1, -0.05) is 13.8 Å². The molecule has 14 heteroatoms. The first-order valence-corrected chi connectivity index (χ1v) is 12.4. The number of nitrogens with zero attached hydrogens (tertiary/aromatic N) is 4. The molecule has 40 heavy (non-hydrogen) atoms. The van der Waals surface area contributed by atoms with E-state index in [4.69, 9.17) is 36.1 Å². The van der Waals surface area contributed by atoms with Gasteiger partial charge in [0.1, 0.15) is 19.8 Å². The number of hydrogen-bond acceptors (Lipinski definition) is 5. The minimum absolute atomic E-state index is 0.0990. The highest BCUT2D eigenvalue weighted by atomic mass is 19.4. The molecule has 3 aromatic rings. The molecule has 0 bridgehead atoms. The molecule has 1 aromatic carbocycles. The number of carbonyl (C=O) groups excluding carboxylic acids is 1. The molecule has 1 saturated heterocycles. The first-order valence-electron chi connectivity index (χ1n) is 12.4. The van der Waals surface area contributed by atoms with Crippen molar-refractivity contribution in [1.29, 1.82) is 0 Å². The van der Waals surface area contributed by atoms with Crippen LogP contribution in [-0.2, 0) is 6.18 Å². The Kier molecular flexibility index (Phi) is 8.11. The van der Waals surface area contributed by atoms with Crippen molar-refractivity contribution in [3.05, 3.63) is 71.9 Å². The molecule has 3 heterocycles. The van der Waals surface area contributed by atoms with Crippen molar-refractivity contribution in [2.24, 2.45) is 5.92 Å². The number of ether oxygens (including phenoxy) is 1. The lowest BCUT2D eigenvalue weighted by molar-refractivity contribution is -0.137. The van der Waals surface area contributed by atoms with Gasteiger partial charge in [-0.05, 0) is 54.5 Å². The van der Waals surface area contributed by atoms with Crippen molar-refractivity contribution in [1.82, 2.24) is 19.9 Å². The lowest BCUT2D eigenvalue weighted by Gasteiger charge is -2.52. The summed E-state index contributed by atoms with van der Waals surface area (Å²) in [6.45, 7) is 3.46. The highest BCUT2D eigenvalue weighted by molar-refractivity contribution is 6.62. The fourth-order valence-electron chi connectivity index (χ4n) is 5.09. The Morgan fingerprint density at radius 3 is 2.38 bits per heavy atom. The number of amides is 1. The van der Waals surface area contributed by atoms with Crippen LogP contribution in [0.3, 0.4) is 0 Å². The third kappa shape index (κ3) is 5.49. The molecule has 8 radical (unpaired) electrons. The number of halogens is 4. The van der Waals surface area contributed by atoms with Crippen LogP contribution in [-0.4, -0.2) is 74.7 Å². The van der Waals surface area contributed by atoms with Crippen molar-refractivity contribution in [3.8, 4) is 17.3 Å². The molecule has 1 fully saturated rings. The Bertz CT molecular complexity index is 1360. The van der Waals surface area contributed by atoms with Crippen molar-refractivity contribution in [2.75, 3.05) is 0 Å². The molecule has 4 atom stereocenters. The summed E-state index contributed by atoms with van der Waals surface area (Å²) in [4.78, 5) is 27.6. The summed E-state index contributed by atoms with van der Waals surface area (Å²) in [5.74, 6) is -1.98. The zero-order valence-corrected chi connectivity index (χ0v) is 21.8. The van der Waals surface area contributed by atoms with Crippen LogP contribution in [0.4, 0.5) is 17.6 Å². The van der Waals surface area contributed by atoms with E-state index in [2.05, 4.69) is 15.0 Å². The molecule has 2 aromatic heterocycles. The highest BCUT2D eigenvalue weighted by Gasteiger charge is 2.56. The standard InChI is InChI=1S/C26H22B4F4N4O2/c1-3-20(40-21-8-5-15(13-37-21)25(32,33)34)19-11-14(2)24(27,26(28,29)30)38(19)23(39)18-12-16(31)6-7-17(18)22-35-9-4-10-36-22/h4-10,12-14,19-20H,3,11H2,1-2H3. The van der Waals surface area contributed by atoms with E-state index in [1.807, 2.05) is 0 Å². The van der Waals surface area contributed by atoms with E-state index in [0.717, 1.165) is 24.3 Å². The van der Waals surface area contributed by atoms with Crippen LogP contribution in [0, 0.1) is 11.7 Å². The lowest BCUT2D eigenvalue weighted by Crippen LogP contribution is -2.63. The van der Waals surface area contributed by atoms with Crippen LogP contribution in [0.15, 0.2) is 55.0 Å². The normalized spacial score (nSPS) is 22.2. The van der Waals surface area contributed by atoms with Crippen LogP contribution in [0.1, 0.15) is 42.6 Å². The maximum absolute atomic E-state index is 14.5. The van der Waals surface area contributed by atoms with Crippen molar-refractivity contribution >= 4 is 37.3 Å². The number of likely N-dealkylation sites (tertiary alicyclic amines) is 1. The molecule has 1 aliphatic heterocycles. The molecule has 4 rings (SSSR count). The van der Waals surface area contributed by atoms with Gasteiger partial charge in [0.2, 0.25) is 5.88 Å². The highest BCUT2D eigenvalue weighted by Crippen LogP contribution is 2.49. The number of aromatic nitrogens is 3. The molecule has 1 amide bonds. The largest absolute Gasteiger partial charge is 0.472 e. The molecule has 0 N–H and O–H groups in total. The number of benzene rings is 1. The van der Waals surface area contributed by atoms with Gasteiger partial charge < -0.3 is 9.64 Å². The fourth-order valence-corrected chi connectivity index (χ4v) is 5.09. The van der Waals surface area contributed by atoms with E-state index in [9.17, 15) is 22.4 Å². The van der Waals surface area contributed by atoms with Gasteiger partial charge in [-0.2, -0.15) is 13.2 Å². The predicted octanol–water partition coefficient (Wildman–Crippen LogP) is 3.85. The molecule has 6 nitrogen and oxygen atoms in total. The van der Waals surface area contributed by atoms with Crippen molar-refractivity contribution in [3.63, 3.8) is 0 Å². The first kappa shape index (κ1) is 29.7. The minimum Gasteiger partial charge on any atom is -0.472 e. The predicted molar refractivity (Wildman–Crippen MR) is 144 cm³/mol. The number of rotatable bonds is 7. The lowest BCUT2D eigenvalue weighted by atomic mass is 9.29. The molecule has 4 unspecified atom stereocenters. The van der Waals surface area contributed by atoms with Crippen molar-refractivity contribution in [2.45, 2.75) is 55.6 Å². The summed E-state index contributed by atoms with van der Waals surface area (Å²) >= 11 is 0. The van der Waals surface area contributed by atoms with Crippen LogP contribution >= 0.6 is 0 Å². The van der Waals surface area contributed by atoms with Crippen molar-refractivity contribution < 1.29 is 27.1 Å². The van der Waals surface area contributed by atoms with E-state index in [1.165, 1.54) is 23.4 Å². The summed E-state index contributed by atoms with van der Waals surface area (Å²) in [7, 11) is 25.2. The molecular weight excluding hydrogens is 520 g/mol. The second kappa shape index (κ2) is 10.9. The zero-order valence-electron chi connectivity index (χ0n) is 21.8. The Hall–Kier alpha value is -3.30. The fraction of sp³-hybridized carbons (Fsp3) is 0.385. The minimum atomic E-state index is -4.57. The molecule has 198 valence electrons. The van der Waals surface area contributed by atoms with Crippen LogP contribution in [0.2, 0.25) is 5.11 Å². The molecular formula is C26H22B4F4N4O2. The third-order valence-electron chi connectivity index (χ3n) is 7.18. The van der Waals surface area contributed by atoms with Gasteiger partial charge in [-0.3, -0.25) is 4.79 Å². The maximum Gasteiger partial charge on any atom is 0.417 e. The molecule has 1 aliphatic rings. The number of alkyl halides is 3. The number of carbonyl (C=O) groups is 1.